The van der Waals surface area contributed by atoms with Gasteiger partial charge in [0.25, 0.3) is 0 Å². The average Bonchev–Trinajstić information content (AvgIpc) is 2.48. The van der Waals surface area contributed by atoms with Crippen LogP contribution in [0.25, 0.3) is 0 Å². The summed E-state index contributed by atoms with van der Waals surface area (Å²) in [7, 11) is -3.61. The van der Waals surface area contributed by atoms with Crippen LogP contribution in [-0.4, -0.2) is 39.1 Å². The first-order chi connectivity index (χ1) is 11.2. The number of carbonyl (C=O) groups is 2. The van der Waals surface area contributed by atoms with Crippen LogP contribution in [0.1, 0.15) is 25.8 Å². The van der Waals surface area contributed by atoms with Gasteiger partial charge in [-0.05, 0) is 25.5 Å². The lowest BCUT2D eigenvalue weighted by atomic mass is 10.2. The van der Waals surface area contributed by atoms with E-state index in [1.807, 2.05) is 19.1 Å². The van der Waals surface area contributed by atoms with Crippen LogP contribution >= 0.6 is 0 Å². The van der Waals surface area contributed by atoms with Crippen molar-refractivity contribution in [3.63, 3.8) is 0 Å². The van der Waals surface area contributed by atoms with Crippen LogP contribution < -0.4 is 15.4 Å². The fraction of sp³-hybridized carbons (Fsp3) is 0.500. The molecule has 134 valence electrons. The van der Waals surface area contributed by atoms with Crippen LogP contribution in [0.3, 0.4) is 0 Å². The molecular weight excluding hydrogens is 330 g/mol. The van der Waals surface area contributed by atoms with E-state index in [0.29, 0.717) is 25.2 Å². The number of benzene rings is 1. The summed E-state index contributed by atoms with van der Waals surface area (Å²) in [5.41, 5.74) is 1.51. The Balaban J connectivity index is 2.41. The molecular formula is C16H25N3O4S. The number of rotatable bonds is 9. The average molecular weight is 355 g/mol. The summed E-state index contributed by atoms with van der Waals surface area (Å²) in [5, 5.41) is 5.29. The molecule has 0 aromatic heterocycles. The second kappa shape index (κ2) is 9.27. The van der Waals surface area contributed by atoms with Crippen molar-refractivity contribution >= 4 is 27.5 Å². The Morgan fingerprint density at radius 1 is 1.08 bits per heavy atom. The summed E-state index contributed by atoms with van der Waals surface area (Å²) < 4.78 is 26.7. The third-order valence-corrected chi connectivity index (χ3v) is 4.75. The number of carbonyl (C=O) groups excluding carboxylic acids is 2. The smallest absolute Gasteiger partial charge is 0.233 e. The lowest BCUT2D eigenvalue weighted by molar-refractivity contribution is -0.123. The third kappa shape index (κ3) is 7.96. The second-order valence-corrected chi connectivity index (χ2v) is 7.55. The largest absolute Gasteiger partial charge is 0.356 e. The zero-order chi connectivity index (χ0) is 18.2. The molecule has 24 heavy (non-hydrogen) atoms. The van der Waals surface area contributed by atoms with Crippen LogP contribution in [0.5, 0.6) is 0 Å². The van der Waals surface area contributed by atoms with E-state index in [2.05, 4.69) is 15.4 Å². The second-order valence-electron chi connectivity index (χ2n) is 5.78. The van der Waals surface area contributed by atoms with Gasteiger partial charge in [-0.1, -0.05) is 24.6 Å². The number of aryl methyl sites for hydroxylation is 1. The molecule has 3 N–H and O–H groups in total. The minimum atomic E-state index is -3.61. The summed E-state index contributed by atoms with van der Waals surface area (Å²) in [6.07, 6.45) is 0.590. The van der Waals surface area contributed by atoms with Gasteiger partial charge in [0, 0.05) is 25.7 Å². The van der Waals surface area contributed by atoms with E-state index in [4.69, 9.17) is 0 Å². The molecule has 1 unspecified atom stereocenters. The van der Waals surface area contributed by atoms with Gasteiger partial charge >= 0.3 is 0 Å². The number of sulfonamides is 1. The molecule has 0 aliphatic heterocycles. The first kappa shape index (κ1) is 20.0. The van der Waals surface area contributed by atoms with Gasteiger partial charge in [0.1, 0.15) is 0 Å². The molecule has 0 fully saturated rings. The van der Waals surface area contributed by atoms with Gasteiger partial charge in [-0.3, -0.25) is 14.3 Å². The summed E-state index contributed by atoms with van der Waals surface area (Å²) >= 11 is 0. The Morgan fingerprint density at radius 2 is 1.67 bits per heavy atom. The Bertz CT molecular complexity index is 656. The molecule has 0 spiro atoms. The summed E-state index contributed by atoms with van der Waals surface area (Å²) in [6.45, 7) is 5.76. The maximum absolute atomic E-state index is 12.1. The number of hydrogen-bond acceptors (Lipinski definition) is 4. The van der Waals surface area contributed by atoms with Crippen molar-refractivity contribution in [3.8, 4) is 0 Å². The Hall–Kier alpha value is -2.09. The highest BCUT2D eigenvalue weighted by atomic mass is 32.2. The fourth-order valence-corrected chi connectivity index (χ4v) is 3.37. The molecule has 0 heterocycles. The van der Waals surface area contributed by atoms with Gasteiger partial charge in [0.05, 0.1) is 11.7 Å². The highest BCUT2D eigenvalue weighted by Gasteiger charge is 2.21. The Labute approximate surface area is 143 Å². The van der Waals surface area contributed by atoms with Crippen molar-refractivity contribution < 1.29 is 18.0 Å². The number of anilines is 1. The Kier molecular flexibility index (Phi) is 7.70. The van der Waals surface area contributed by atoms with E-state index in [9.17, 15) is 18.0 Å². The van der Waals surface area contributed by atoms with Gasteiger partial charge in [0.15, 0.2) is 0 Å². The third-order valence-electron chi connectivity index (χ3n) is 3.27. The molecule has 1 aromatic carbocycles. The zero-order valence-corrected chi connectivity index (χ0v) is 15.1. The van der Waals surface area contributed by atoms with Gasteiger partial charge in [-0.2, -0.15) is 0 Å². The summed E-state index contributed by atoms with van der Waals surface area (Å²) in [5.74, 6) is -1.41. The summed E-state index contributed by atoms with van der Waals surface area (Å²) in [6, 6.07) is 6.98. The molecule has 8 heteroatoms. The minimum Gasteiger partial charge on any atom is -0.356 e. The van der Waals surface area contributed by atoms with Gasteiger partial charge in [-0.25, -0.2) is 8.42 Å². The lowest BCUT2D eigenvalue weighted by Gasteiger charge is -2.14. The van der Waals surface area contributed by atoms with E-state index in [0.717, 1.165) is 5.56 Å². The molecule has 0 bridgehead atoms. The van der Waals surface area contributed by atoms with E-state index < -0.39 is 15.9 Å². The fourth-order valence-electron chi connectivity index (χ4n) is 1.99. The van der Waals surface area contributed by atoms with Gasteiger partial charge < -0.3 is 10.6 Å². The van der Waals surface area contributed by atoms with Crippen molar-refractivity contribution in [1.29, 1.82) is 0 Å². The van der Waals surface area contributed by atoms with Crippen molar-refractivity contribution in [3.05, 3.63) is 29.8 Å². The highest BCUT2D eigenvalue weighted by Crippen LogP contribution is 2.12. The molecule has 7 nitrogen and oxygen atoms in total. The van der Waals surface area contributed by atoms with E-state index in [1.165, 1.54) is 6.92 Å². The van der Waals surface area contributed by atoms with Crippen molar-refractivity contribution in [1.82, 2.24) is 10.6 Å². The molecule has 1 aromatic rings. The minimum absolute atomic E-state index is 0.122. The number of nitrogens with one attached hydrogen (secondary N) is 3. The van der Waals surface area contributed by atoms with E-state index in [1.54, 1.807) is 19.1 Å². The maximum Gasteiger partial charge on any atom is 0.233 e. The van der Waals surface area contributed by atoms with Crippen LogP contribution in [0.15, 0.2) is 24.3 Å². The summed E-state index contributed by atoms with van der Waals surface area (Å²) in [4.78, 5) is 22.6. The SMILES string of the molecule is CC(=O)NCCCNC(=O)C(C)CS(=O)(=O)Nc1ccc(C)cc1. The molecule has 2 amide bonds. The lowest BCUT2D eigenvalue weighted by Crippen LogP contribution is -2.36. The van der Waals surface area contributed by atoms with Gasteiger partial charge in [-0.15, -0.1) is 0 Å². The monoisotopic (exact) mass is 355 g/mol. The molecule has 0 saturated carbocycles. The van der Waals surface area contributed by atoms with Gasteiger partial charge in [0.2, 0.25) is 21.8 Å². The molecule has 0 saturated heterocycles. The predicted octanol–water partition coefficient (Wildman–Crippen LogP) is 1.02. The molecule has 0 aliphatic carbocycles. The van der Waals surface area contributed by atoms with E-state index in [-0.39, 0.29) is 17.6 Å². The van der Waals surface area contributed by atoms with Crippen LogP contribution in [0, 0.1) is 12.8 Å². The van der Waals surface area contributed by atoms with Crippen molar-refractivity contribution in [2.24, 2.45) is 5.92 Å². The highest BCUT2D eigenvalue weighted by molar-refractivity contribution is 7.92. The quantitative estimate of drug-likeness (QED) is 0.575. The topological polar surface area (TPSA) is 104 Å². The Morgan fingerprint density at radius 3 is 2.25 bits per heavy atom. The first-order valence-corrected chi connectivity index (χ1v) is 9.44. The molecule has 1 rings (SSSR count). The van der Waals surface area contributed by atoms with Crippen molar-refractivity contribution in [2.45, 2.75) is 27.2 Å². The van der Waals surface area contributed by atoms with E-state index >= 15 is 0 Å². The maximum atomic E-state index is 12.1. The standard InChI is InChI=1S/C16H25N3O4S/c1-12-5-7-15(8-6-12)19-24(22,23)11-13(2)16(21)18-10-4-9-17-14(3)20/h5-8,13,19H,4,9-11H2,1-3H3,(H,17,20)(H,18,21). The zero-order valence-electron chi connectivity index (χ0n) is 14.3. The number of hydrogen-bond donors (Lipinski definition) is 3. The number of amides is 2. The molecule has 1 atom stereocenters. The normalized spacial score (nSPS) is 12.3. The van der Waals surface area contributed by atoms with Crippen LogP contribution in [0.2, 0.25) is 0 Å². The van der Waals surface area contributed by atoms with Crippen LogP contribution in [-0.2, 0) is 19.6 Å². The van der Waals surface area contributed by atoms with Crippen LogP contribution in [0.4, 0.5) is 5.69 Å². The first-order valence-electron chi connectivity index (χ1n) is 7.79. The van der Waals surface area contributed by atoms with Crippen molar-refractivity contribution in [2.75, 3.05) is 23.6 Å². The molecule has 0 radical (unpaired) electrons. The molecule has 0 aliphatic rings. The predicted molar refractivity (Wildman–Crippen MR) is 94.1 cm³/mol.